The summed E-state index contributed by atoms with van der Waals surface area (Å²) in [5.74, 6) is -0.236. The van der Waals surface area contributed by atoms with Gasteiger partial charge >= 0.3 is 0 Å². The maximum Gasteiger partial charge on any atom is 0.251 e. The van der Waals surface area contributed by atoms with E-state index in [1.165, 1.54) is 12.8 Å². The lowest BCUT2D eigenvalue weighted by atomic mass is 10.2. The second-order valence-electron chi connectivity index (χ2n) is 5.32. The molecule has 142 valence electrons. The first-order valence-corrected chi connectivity index (χ1v) is 9.20. The molecule has 0 atom stereocenters. The maximum absolute atomic E-state index is 11.8. The number of carbonyl (C=O) groups is 2. The van der Waals surface area contributed by atoms with Crippen LogP contribution in [0.5, 0.6) is 0 Å². The Morgan fingerprint density at radius 1 is 1.16 bits per heavy atom. The standard InChI is InChI=1S/C13H17N3O2.C4H11N.C2H6/c17-12(16-8-6-14-7-9-16)10-15-13(18)11-4-2-1-3-5-11;1-2-3-4-5;1-2/h1-5,14H,6-10H2,(H,15,18);2-5H2,1H3;1-2H3. The molecule has 1 aromatic carbocycles. The first-order chi connectivity index (χ1) is 12.2. The molecular weight excluding hydrogens is 316 g/mol. The Balaban J connectivity index is 0.000000710. The van der Waals surface area contributed by atoms with Crippen LogP contribution < -0.4 is 16.4 Å². The van der Waals surface area contributed by atoms with E-state index in [9.17, 15) is 9.59 Å². The average Bonchev–Trinajstić information content (AvgIpc) is 2.70. The zero-order valence-corrected chi connectivity index (χ0v) is 15.9. The molecule has 2 rings (SSSR count). The summed E-state index contributed by atoms with van der Waals surface area (Å²) in [6, 6.07) is 8.90. The highest BCUT2D eigenvalue weighted by Crippen LogP contribution is 1.98. The van der Waals surface area contributed by atoms with E-state index in [0.717, 1.165) is 19.6 Å². The molecule has 4 N–H and O–H groups in total. The second-order valence-corrected chi connectivity index (χ2v) is 5.32. The molecule has 0 radical (unpaired) electrons. The van der Waals surface area contributed by atoms with E-state index in [-0.39, 0.29) is 18.4 Å². The van der Waals surface area contributed by atoms with E-state index in [0.29, 0.717) is 18.7 Å². The summed E-state index contributed by atoms with van der Waals surface area (Å²) in [4.78, 5) is 25.3. The number of amides is 2. The molecule has 1 fully saturated rings. The molecule has 1 saturated heterocycles. The Bertz CT molecular complexity index is 458. The van der Waals surface area contributed by atoms with E-state index in [1.807, 2.05) is 19.9 Å². The van der Waals surface area contributed by atoms with Crippen molar-refractivity contribution in [1.82, 2.24) is 15.5 Å². The minimum Gasteiger partial charge on any atom is -0.343 e. The number of benzene rings is 1. The van der Waals surface area contributed by atoms with Crippen molar-refractivity contribution < 1.29 is 9.59 Å². The van der Waals surface area contributed by atoms with Gasteiger partial charge in [-0.3, -0.25) is 9.59 Å². The van der Waals surface area contributed by atoms with Crippen molar-refractivity contribution in [2.24, 2.45) is 5.73 Å². The van der Waals surface area contributed by atoms with Crippen molar-refractivity contribution in [2.75, 3.05) is 39.3 Å². The Kier molecular flexibility index (Phi) is 14.4. The third-order valence-corrected chi connectivity index (χ3v) is 3.46. The Morgan fingerprint density at radius 2 is 1.76 bits per heavy atom. The average molecular weight is 351 g/mol. The fraction of sp³-hybridized carbons (Fsp3) is 0.579. The number of carbonyl (C=O) groups excluding carboxylic acids is 2. The summed E-state index contributed by atoms with van der Waals surface area (Å²) in [5, 5.41) is 5.82. The summed E-state index contributed by atoms with van der Waals surface area (Å²) >= 11 is 0. The van der Waals surface area contributed by atoms with Crippen molar-refractivity contribution in [3.8, 4) is 0 Å². The van der Waals surface area contributed by atoms with Crippen LogP contribution in [0.15, 0.2) is 30.3 Å². The predicted octanol–water partition coefficient (Wildman–Crippen LogP) is 1.62. The van der Waals surface area contributed by atoms with Gasteiger partial charge in [0.1, 0.15) is 0 Å². The molecule has 1 heterocycles. The number of piperazine rings is 1. The van der Waals surface area contributed by atoms with Gasteiger partial charge in [0.25, 0.3) is 5.91 Å². The topological polar surface area (TPSA) is 87.5 Å². The van der Waals surface area contributed by atoms with Crippen LogP contribution in [-0.4, -0.2) is 56.0 Å². The van der Waals surface area contributed by atoms with Crippen LogP contribution in [0.25, 0.3) is 0 Å². The number of hydrogen-bond donors (Lipinski definition) is 3. The van der Waals surface area contributed by atoms with E-state index in [2.05, 4.69) is 17.6 Å². The molecule has 2 amide bonds. The number of nitrogens with two attached hydrogens (primary N) is 1. The van der Waals surface area contributed by atoms with Gasteiger partial charge in [0.15, 0.2) is 0 Å². The minimum absolute atomic E-state index is 0.0271. The molecular formula is C19H34N4O2. The van der Waals surface area contributed by atoms with Crippen LogP contribution in [0.1, 0.15) is 44.0 Å². The predicted molar refractivity (Wildman–Crippen MR) is 104 cm³/mol. The smallest absolute Gasteiger partial charge is 0.251 e. The van der Waals surface area contributed by atoms with Crippen LogP contribution in [0.3, 0.4) is 0 Å². The summed E-state index contributed by atoms with van der Waals surface area (Å²) in [5.41, 5.74) is 5.71. The Morgan fingerprint density at radius 3 is 2.24 bits per heavy atom. The minimum atomic E-state index is -0.209. The van der Waals surface area contributed by atoms with Gasteiger partial charge in [-0.25, -0.2) is 0 Å². The number of nitrogens with one attached hydrogen (secondary N) is 2. The van der Waals surface area contributed by atoms with Gasteiger partial charge in [0, 0.05) is 31.7 Å². The maximum atomic E-state index is 11.8. The van der Waals surface area contributed by atoms with Gasteiger partial charge in [-0.15, -0.1) is 0 Å². The van der Waals surface area contributed by atoms with E-state index in [1.54, 1.807) is 29.2 Å². The second kappa shape index (κ2) is 15.6. The van der Waals surface area contributed by atoms with Crippen LogP contribution >= 0.6 is 0 Å². The lowest BCUT2D eigenvalue weighted by Gasteiger charge is -2.27. The fourth-order valence-corrected chi connectivity index (χ4v) is 2.08. The van der Waals surface area contributed by atoms with E-state index >= 15 is 0 Å². The van der Waals surface area contributed by atoms with Crippen molar-refractivity contribution in [1.29, 1.82) is 0 Å². The molecule has 1 aromatic rings. The molecule has 0 spiro atoms. The normalized spacial score (nSPS) is 12.9. The highest BCUT2D eigenvalue weighted by atomic mass is 16.2. The third kappa shape index (κ3) is 10.5. The fourth-order valence-electron chi connectivity index (χ4n) is 2.08. The summed E-state index contributed by atoms with van der Waals surface area (Å²) in [6.07, 6.45) is 2.39. The molecule has 1 aliphatic heterocycles. The third-order valence-electron chi connectivity index (χ3n) is 3.46. The van der Waals surface area contributed by atoms with Gasteiger partial charge in [-0.2, -0.15) is 0 Å². The molecule has 0 aromatic heterocycles. The molecule has 0 unspecified atom stereocenters. The quantitative estimate of drug-likeness (QED) is 0.753. The van der Waals surface area contributed by atoms with Gasteiger partial charge in [-0.1, -0.05) is 45.4 Å². The Labute approximate surface area is 152 Å². The van der Waals surface area contributed by atoms with Crippen molar-refractivity contribution in [3.63, 3.8) is 0 Å². The van der Waals surface area contributed by atoms with Crippen molar-refractivity contribution in [3.05, 3.63) is 35.9 Å². The zero-order chi connectivity index (χ0) is 18.9. The molecule has 0 aliphatic carbocycles. The molecule has 0 bridgehead atoms. The summed E-state index contributed by atoms with van der Waals surface area (Å²) in [6.45, 7) is 10.1. The van der Waals surface area contributed by atoms with Crippen LogP contribution in [-0.2, 0) is 4.79 Å². The SMILES string of the molecule is CC.CCCCN.O=C(NCC(=O)N1CCNCC1)c1ccccc1. The van der Waals surface area contributed by atoms with E-state index < -0.39 is 0 Å². The van der Waals surface area contributed by atoms with Gasteiger partial charge < -0.3 is 21.3 Å². The largest absolute Gasteiger partial charge is 0.343 e. The highest BCUT2D eigenvalue weighted by molar-refractivity contribution is 5.96. The van der Waals surface area contributed by atoms with Crippen molar-refractivity contribution in [2.45, 2.75) is 33.6 Å². The van der Waals surface area contributed by atoms with Crippen LogP contribution in [0, 0.1) is 0 Å². The van der Waals surface area contributed by atoms with Gasteiger partial charge in [0.2, 0.25) is 5.91 Å². The zero-order valence-electron chi connectivity index (χ0n) is 15.9. The molecule has 1 aliphatic rings. The first kappa shape index (κ1) is 23.1. The highest BCUT2D eigenvalue weighted by Gasteiger charge is 2.16. The number of rotatable bonds is 5. The van der Waals surface area contributed by atoms with Gasteiger partial charge in [0.05, 0.1) is 6.54 Å². The molecule has 6 heteroatoms. The Hall–Kier alpha value is -1.92. The summed E-state index contributed by atoms with van der Waals surface area (Å²) in [7, 11) is 0. The summed E-state index contributed by atoms with van der Waals surface area (Å²) < 4.78 is 0. The van der Waals surface area contributed by atoms with Crippen LogP contribution in [0.4, 0.5) is 0 Å². The van der Waals surface area contributed by atoms with Crippen LogP contribution in [0.2, 0.25) is 0 Å². The molecule has 6 nitrogen and oxygen atoms in total. The lowest BCUT2D eigenvalue weighted by Crippen LogP contribution is -2.49. The monoisotopic (exact) mass is 350 g/mol. The first-order valence-electron chi connectivity index (χ1n) is 9.20. The van der Waals surface area contributed by atoms with Gasteiger partial charge in [-0.05, 0) is 25.1 Å². The van der Waals surface area contributed by atoms with E-state index in [4.69, 9.17) is 5.73 Å². The number of hydrogen-bond acceptors (Lipinski definition) is 4. The molecule has 0 saturated carbocycles. The van der Waals surface area contributed by atoms with Crippen molar-refractivity contribution >= 4 is 11.8 Å². The molecule has 25 heavy (non-hydrogen) atoms. The number of nitrogens with zero attached hydrogens (tertiary/aromatic N) is 1. The number of unbranched alkanes of at least 4 members (excludes halogenated alkanes) is 1. The lowest BCUT2D eigenvalue weighted by molar-refractivity contribution is -0.130.